The topological polar surface area (TPSA) is 65.1 Å². The van der Waals surface area contributed by atoms with E-state index in [1.807, 2.05) is 50.2 Å². The monoisotopic (exact) mass is 319 g/mol. The highest BCUT2D eigenvalue weighted by Gasteiger charge is 2.16. The van der Waals surface area contributed by atoms with Crippen molar-refractivity contribution in [2.24, 2.45) is 0 Å². The van der Waals surface area contributed by atoms with Gasteiger partial charge < -0.3 is 4.57 Å². The zero-order valence-corrected chi connectivity index (χ0v) is 13.6. The van der Waals surface area contributed by atoms with Crippen LogP contribution in [0.3, 0.4) is 0 Å². The molecular formula is C18H17N5O. The first-order valence-electron chi connectivity index (χ1n) is 8.01. The van der Waals surface area contributed by atoms with Crippen LogP contribution in [0.5, 0.6) is 0 Å². The lowest BCUT2D eigenvalue weighted by atomic mass is 10.1. The number of hydrogen-bond donors (Lipinski definition) is 0. The first-order chi connectivity index (χ1) is 11.7. The summed E-state index contributed by atoms with van der Waals surface area (Å²) in [7, 11) is 0. The van der Waals surface area contributed by atoms with Crippen molar-refractivity contribution in [2.75, 3.05) is 0 Å². The molecule has 0 fully saturated rings. The molecule has 120 valence electrons. The molecule has 6 nitrogen and oxygen atoms in total. The molecule has 0 saturated heterocycles. The van der Waals surface area contributed by atoms with Crippen molar-refractivity contribution >= 4 is 16.7 Å². The fourth-order valence-electron chi connectivity index (χ4n) is 3.05. The summed E-state index contributed by atoms with van der Waals surface area (Å²) in [5.41, 5.74) is 4.42. The Labute approximate surface area is 138 Å². The van der Waals surface area contributed by atoms with Crippen molar-refractivity contribution < 1.29 is 0 Å². The van der Waals surface area contributed by atoms with E-state index in [4.69, 9.17) is 0 Å². The Morgan fingerprint density at radius 2 is 1.88 bits per heavy atom. The number of aryl methyl sites for hydroxylation is 2. The third-order valence-corrected chi connectivity index (χ3v) is 4.15. The highest BCUT2D eigenvalue weighted by molar-refractivity contribution is 5.84. The molecule has 0 unspecified atom stereocenters. The van der Waals surface area contributed by atoms with Gasteiger partial charge in [0.05, 0.1) is 11.3 Å². The van der Waals surface area contributed by atoms with Crippen LogP contribution >= 0.6 is 0 Å². The summed E-state index contributed by atoms with van der Waals surface area (Å²) in [4.78, 5) is 12.5. The predicted molar refractivity (Wildman–Crippen MR) is 93.0 cm³/mol. The summed E-state index contributed by atoms with van der Waals surface area (Å²) < 4.78 is 3.38. The molecule has 0 aliphatic rings. The van der Waals surface area contributed by atoms with Crippen molar-refractivity contribution in [3.8, 4) is 11.1 Å². The van der Waals surface area contributed by atoms with E-state index in [9.17, 15) is 4.79 Å². The van der Waals surface area contributed by atoms with Gasteiger partial charge in [-0.25, -0.2) is 4.52 Å². The van der Waals surface area contributed by atoms with Gasteiger partial charge in [-0.3, -0.25) is 4.79 Å². The number of nitrogens with zero attached hydrogens (tertiary/aromatic N) is 5. The zero-order valence-electron chi connectivity index (χ0n) is 13.6. The Bertz CT molecular complexity index is 1100. The SMILES string of the molecule is CCCn1ccc2c(nnc3c(-c4ccccc4)c(C)nn32)c1=O. The van der Waals surface area contributed by atoms with E-state index in [2.05, 4.69) is 15.3 Å². The van der Waals surface area contributed by atoms with Gasteiger partial charge in [-0.05, 0) is 25.0 Å². The minimum atomic E-state index is -0.127. The van der Waals surface area contributed by atoms with Crippen LogP contribution in [0.1, 0.15) is 19.0 Å². The van der Waals surface area contributed by atoms with Gasteiger partial charge in [0.15, 0.2) is 11.2 Å². The largest absolute Gasteiger partial charge is 0.313 e. The van der Waals surface area contributed by atoms with E-state index in [0.717, 1.165) is 23.2 Å². The summed E-state index contributed by atoms with van der Waals surface area (Å²) in [6, 6.07) is 11.9. The summed E-state index contributed by atoms with van der Waals surface area (Å²) >= 11 is 0. The van der Waals surface area contributed by atoms with Gasteiger partial charge in [0.1, 0.15) is 5.52 Å². The average molecular weight is 319 g/mol. The molecule has 0 bridgehead atoms. The van der Waals surface area contributed by atoms with Crippen molar-refractivity contribution in [1.29, 1.82) is 0 Å². The molecule has 3 aromatic heterocycles. The van der Waals surface area contributed by atoms with Crippen molar-refractivity contribution in [1.82, 2.24) is 24.4 Å². The van der Waals surface area contributed by atoms with Crippen LogP contribution in [0.4, 0.5) is 0 Å². The maximum atomic E-state index is 12.5. The molecule has 0 amide bonds. The number of benzene rings is 1. The summed E-state index contributed by atoms with van der Waals surface area (Å²) in [6.45, 7) is 4.65. The lowest BCUT2D eigenvalue weighted by Crippen LogP contribution is -2.21. The van der Waals surface area contributed by atoms with Crippen molar-refractivity contribution in [3.05, 3.63) is 58.6 Å². The Hall–Kier alpha value is -3.02. The quantitative estimate of drug-likeness (QED) is 0.582. The number of pyridine rings is 1. The number of rotatable bonds is 3. The second-order valence-electron chi connectivity index (χ2n) is 5.81. The first kappa shape index (κ1) is 14.6. The van der Waals surface area contributed by atoms with Crippen LogP contribution in [0.2, 0.25) is 0 Å². The van der Waals surface area contributed by atoms with Crippen LogP contribution in [-0.4, -0.2) is 24.4 Å². The molecule has 0 radical (unpaired) electrons. The van der Waals surface area contributed by atoms with Gasteiger partial charge in [-0.2, -0.15) is 5.10 Å². The average Bonchev–Trinajstić information content (AvgIpc) is 2.94. The van der Waals surface area contributed by atoms with Crippen LogP contribution in [0, 0.1) is 6.92 Å². The minimum absolute atomic E-state index is 0.127. The van der Waals surface area contributed by atoms with Crippen LogP contribution in [0.15, 0.2) is 47.4 Å². The molecule has 0 saturated carbocycles. The second kappa shape index (κ2) is 5.56. The molecule has 0 aliphatic heterocycles. The minimum Gasteiger partial charge on any atom is -0.313 e. The molecule has 0 N–H and O–H groups in total. The fourth-order valence-corrected chi connectivity index (χ4v) is 3.05. The Balaban J connectivity index is 2.04. The lowest BCUT2D eigenvalue weighted by Gasteiger charge is -2.05. The molecule has 1 aromatic carbocycles. The van der Waals surface area contributed by atoms with Gasteiger partial charge in [0.25, 0.3) is 5.56 Å². The molecule has 0 spiro atoms. The lowest BCUT2D eigenvalue weighted by molar-refractivity contribution is 0.656. The smallest absolute Gasteiger partial charge is 0.280 e. The van der Waals surface area contributed by atoms with Crippen molar-refractivity contribution in [3.63, 3.8) is 0 Å². The zero-order chi connectivity index (χ0) is 16.7. The highest BCUT2D eigenvalue weighted by atomic mass is 16.1. The van der Waals surface area contributed by atoms with Crippen molar-refractivity contribution in [2.45, 2.75) is 26.8 Å². The molecule has 6 heteroatoms. The van der Waals surface area contributed by atoms with Gasteiger partial charge in [0, 0.05) is 12.7 Å². The normalized spacial score (nSPS) is 11.4. The predicted octanol–water partition coefficient (Wildman–Crippen LogP) is 2.82. The standard InChI is InChI=1S/C18H17N5O/c1-3-10-22-11-9-14-16(18(22)24)19-20-17-15(12(2)21-23(14)17)13-7-5-4-6-8-13/h4-9,11H,3,10H2,1-2H3. The molecular weight excluding hydrogens is 302 g/mol. The van der Waals surface area contributed by atoms with E-state index in [1.54, 1.807) is 15.3 Å². The van der Waals surface area contributed by atoms with E-state index in [0.29, 0.717) is 23.2 Å². The molecule has 0 atom stereocenters. The highest BCUT2D eigenvalue weighted by Crippen LogP contribution is 2.27. The molecule has 3 heterocycles. The fraction of sp³-hybridized carbons (Fsp3) is 0.222. The Morgan fingerprint density at radius 1 is 1.08 bits per heavy atom. The molecule has 0 aliphatic carbocycles. The number of fused-ring (bicyclic) bond motifs is 3. The molecule has 4 aromatic rings. The van der Waals surface area contributed by atoms with Gasteiger partial charge in [0.2, 0.25) is 0 Å². The first-order valence-corrected chi connectivity index (χ1v) is 8.01. The summed E-state index contributed by atoms with van der Waals surface area (Å²) in [6.07, 6.45) is 2.69. The number of aromatic nitrogens is 5. The Morgan fingerprint density at radius 3 is 2.62 bits per heavy atom. The number of hydrogen-bond acceptors (Lipinski definition) is 4. The Kier molecular flexibility index (Phi) is 3.37. The van der Waals surface area contributed by atoms with E-state index in [-0.39, 0.29) is 5.56 Å². The maximum absolute atomic E-state index is 12.5. The van der Waals surface area contributed by atoms with Gasteiger partial charge in [-0.15, -0.1) is 10.2 Å². The van der Waals surface area contributed by atoms with Gasteiger partial charge in [-0.1, -0.05) is 37.3 Å². The third-order valence-electron chi connectivity index (χ3n) is 4.15. The van der Waals surface area contributed by atoms with Crippen LogP contribution in [0.25, 0.3) is 27.8 Å². The van der Waals surface area contributed by atoms with E-state index < -0.39 is 0 Å². The third kappa shape index (κ3) is 2.11. The summed E-state index contributed by atoms with van der Waals surface area (Å²) in [5, 5.41) is 13.1. The molecule has 24 heavy (non-hydrogen) atoms. The maximum Gasteiger partial charge on any atom is 0.280 e. The van der Waals surface area contributed by atoms with E-state index >= 15 is 0 Å². The van der Waals surface area contributed by atoms with Crippen LogP contribution < -0.4 is 5.56 Å². The van der Waals surface area contributed by atoms with Crippen LogP contribution in [-0.2, 0) is 6.54 Å². The summed E-state index contributed by atoms with van der Waals surface area (Å²) in [5.74, 6) is 0. The van der Waals surface area contributed by atoms with E-state index in [1.165, 1.54) is 0 Å². The van der Waals surface area contributed by atoms with Gasteiger partial charge >= 0.3 is 0 Å². The molecule has 4 rings (SSSR count). The second-order valence-corrected chi connectivity index (χ2v) is 5.81.